The van der Waals surface area contributed by atoms with Crippen LogP contribution in [0.2, 0.25) is 10.0 Å². The SMILES string of the molecule is Cn1cncc1C(c1ccc(Cl)cc1)c1ccc2c(c1)c(-c1cccc(Cl)c1)cc(=S)n2C. The van der Waals surface area contributed by atoms with Crippen molar-refractivity contribution in [1.82, 2.24) is 14.1 Å². The maximum atomic E-state index is 6.32. The van der Waals surface area contributed by atoms with Gasteiger partial charge in [-0.3, -0.25) is 0 Å². The average molecular weight is 490 g/mol. The van der Waals surface area contributed by atoms with Gasteiger partial charge in [0.2, 0.25) is 0 Å². The molecule has 1 atom stereocenters. The van der Waals surface area contributed by atoms with Crippen LogP contribution in [0.5, 0.6) is 0 Å². The normalized spacial score (nSPS) is 12.2. The Bertz CT molecular complexity index is 1530. The highest BCUT2D eigenvalue weighted by Gasteiger charge is 2.21. The molecule has 33 heavy (non-hydrogen) atoms. The van der Waals surface area contributed by atoms with Crippen LogP contribution in [0.1, 0.15) is 22.7 Å². The van der Waals surface area contributed by atoms with E-state index in [-0.39, 0.29) is 5.92 Å². The molecule has 3 aromatic carbocycles. The Morgan fingerprint density at radius 2 is 1.61 bits per heavy atom. The van der Waals surface area contributed by atoms with E-state index >= 15 is 0 Å². The first kappa shape index (κ1) is 21.9. The van der Waals surface area contributed by atoms with Crippen molar-refractivity contribution in [3.8, 4) is 11.1 Å². The molecule has 0 aliphatic carbocycles. The Kier molecular flexibility index (Phi) is 5.83. The molecule has 5 rings (SSSR count). The van der Waals surface area contributed by atoms with Crippen LogP contribution in [-0.2, 0) is 14.1 Å². The van der Waals surface area contributed by atoms with Gasteiger partial charge < -0.3 is 9.13 Å². The Labute approximate surface area is 207 Å². The van der Waals surface area contributed by atoms with E-state index in [9.17, 15) is 0 Å². The first-order chi connectivity index (χ1) is 15.9. The van der Waals surface area contributed by atoms with Crippen LogP contribution in [0, 0.1) is 4.64 Å². The van der Waals surface area contributed by atoms with Crippen LogP contribution in [0.3, 0.4) is 0 Å². The highest BCUT2D eigenvalue weighted by atomic mass is 35.5. The van der Waals surface area contributed by atoms with Gasteiger partial charge in [-0.25, -0.2) is 4.98 Å². The highest BCUT2D eigenvalue weighted by molar-refractivity contribution is 7.71. The van der Waals surface area contributed by atoms with Crippen molar-refractivity contribution >= 4 is 46.3 Å². The molecular weight excluding hydrogens is 469 g/mol. The summed E-state index contributed by atoms with van der Waals surface area (Å²) in [6.45, 7) is 0. The molecule has 164 valence electrons. The van der Waals surface area contributed by atoms with Crippen LogP contribution in [0.15, 0.2) is 85.3 Å². The topological polar surface area (TPSA) is 22.8 Å². The number of hydrogen-bond acceptors (Lipinski definition) is 2. The summed E-state index contributed by atoms with van der Waals surface area (Å²) < 4.78 is 4.88. The molecule has 0 bridgehead atoms. The lowest BCUT2D eigenvalue weighted by atomic mass is 9.87. The van der Waals surface area contributed by atoms with Crippen molar-refractivity contribution in [2.75, 3.05) is 0 Å². The van der Waals surface area contributed by atoms with Gasteiger partial charge in [-0.05, 0) is 64.7 Å². The standard InChI is InChI=1S/C27H21Cl2N3S/c1-31-16-30-15-25(31)27(17-6-9-20(28)10-7-17)19-8-11-24-23(13-19)22(14-26(33)32(24)2)18-4-3-5-21(29)12-18/h3-16,27H,1-2H3. The van der Waals surface area contributed by atoms with Crippen LogP contribution >= 0.6 is 35.4 Å². The number of aryl methyl sites for hydroxylation is 2. The van der Waals surface area contributed by atoms with Gasteiger partial charge in [-0.15, -0.1) is 0 Å². The maximum Gasteiger partial charge on any atom is 0.106 e. The number of imidazole rings is 1. The number of aromatic nitrogens is 3. The number of benzene rings is 3. The molecule has 0 amide bonds. The number of nitrogens with zero attached hydrogens (tertiary/aromatic N) is 3. The fourth-order valence-corrected chi connectivity index (χ4v) is 4.92. The van der Waals surface area contributed by atoms with Gasteiger partial charge in [0.25, 0.3) is 0 Å². The largest absolute Gasteiger partial charge is 0.337 e. The minimum absolute atomic E-state index is 0.000128. The summed E-state index contributed by atoms with van der Waals surface area (Å²) in [5.74, 6) is -0.000128. The molecule has 3 nitrogen and oxygen atoms in total. The molecule has 0 radical (unpaired) electrons. The number of pyridine rings is 1. The van der Waals surface area contributed by atoms with Gasteiger partial charge in [0, 0.05) is 46.9 Å². The summed E-state index contributed by atoms with van der Waals surface area (Å²) in [4.78, 5) is 4.38. The van der Waals surface area contributed by atoms with E-state index in [0.29, 0.717) is 10.0 Å². The van der Waals surface area contributed by atoms with E-state index in [0.717, 1.165) is 43.5 Å². The molecule has 5 aromatic rings. The van der Waals surface area contributed by atoms with Crippen LogP contribution in [-0.4, -0.2) is 14.1 Å². The van der Waals surface area contributed by atoms with E-state index in [1.54, 1.807) is 0 Å². The summed E-state index contributed by atoms with van der Waals surface area (Å²) in [7, 11) is 4.02. The molecule has 0 N–H and O–H groups in total. The Hall–Kier alpha value is -2.92. The second kappa shape index (κ2) is 8.79. The minimum atomic E-state index is -0.000128. The lowest BCUT2D eigenvalue weighted by molar-refractivity contribution is 0.793. The zero-order valence-corrected chi connectivity index (χ0v) is 20.5. The molecule has 0 aliphatic heterocycles. The third-order valence-electron chi connectivity index (χ3n) is 6.09. The molecule has 1 unspecified atom stereocenters. The first-order valence-corrected chi connectivity index (χ1v) is 11.7. The molecule has 2 heterocycles. The molecule has 0 saturated carbocycles. The third-order valence-corrected chi connectivity index (χ3v) is 6.97. The van der Waals surface area contributed by atoms with E-state index in [4.69, 9.17) is 35.4 Å². The van der Waals surface area contributed by atoms with Crippen molar-refractivity contribution < 1.29 is 0 Å². The summed E-state index contributed by atoms with van der Waals surface area (Å²) in [5, 5.41) is 2.53. The average Bonchev–Trinajstić information content (AvgIpc) is 3.23. The quantitative estimate of drug-likeness (QED) is 0.240. The smallest absolute Gasteiger partial charge is 0.106 e. The third kappa shape index (κ3) is 4.10. The van der Waals surface area contributed by atoms with E-state index in [1.807, 2.05) is 61.5 Å². The summed E-state index contributed by atoms with van der Waals surface area (Å²) in [5.41, 5.74) is 6.59. The summed E-state index contributed by atoms with van der Waals surface area (Å²) >= 11 is 18.2. The lowest BCUT2D eigenvalue weighted by Crippen LogP contribution is -2.08. The predicted octanol–water partition coefficient (Wildman–Crippen LogP) is 7.80. The Balaban J connectivity index is 1.79. The maximum absolute atomic E-state index is 6.32. The summed E-state index contributed by atoms with van der Waals surface area (Å²) in [6, 6.07) is 24.5. The summed E-state index contributed by atoms with van der Waals surface area (Å²) in [6.07, 6.45) is 3.76. The number of fused-ring (bicyclic) bond motifs is 1. The highest BCUT2D eigenvalue weighted by Crippen LogP contribution is 2.37. The second-order valence-electron chi connectivity index (χ2n) is 8.16. The first-order valence-electron chi connectivity index (χ1n) is 10.5. The molecule has 2 aromatic heterocycles. The van der Waals surface area contributed by atoms with Crippen molar-refractivity contribution in [3.05, 3.63) is 117 Å². The Morgan fingerprint density at radius 3 is 2.30 bits per heavy atom. The van der Waals surface area contributed by atoms with Gasteiger partial charge in [-0.2, -0.15) is 0 Å². The molecule has 0 fully saturated rings. The molecule has 0 spiro atoms. The number of halogens is 2. The van der Waals surface area contributed by atoms with E-state index in [1.165, 1.54) is 0 Å². The second-order valence-corrected chi connectivity index (χ2v) is 9.45. The van der Waals surface area contributed by atoms with Crippen LogP contribution in [0.4, 0.5) is 0 Å². The minimum Gasteiger partial charge on any atom is -0.337 e. The van der Waals surface area contributed by atoms with Gasteiger partial charge >= 0.3 is 0 Å². The fourth-order valence-electron chi connectivity index (χ4n) is 4.39. The molecule has 0 aliphatic rings. The van der Waals surface area contributed by atoms with Gasteiger partial charge in [0.05, 0.1) is 12.2 Å². The predicted molar refractivity (Wildman–Crippen MR) is 140 cm³/mol. The van der Waals surface area contributed by atoms with Gasteiger partial charge in [0.1, 0.15) is 4.64 Å². The number of rotatable bonds is 4. The van der Waals surface area contributed by atoms with Crippen LogP contribution < -0.4 is 0 Å². The van der Waals surface area contributed by atoms with E-state index in [2.05, 4.69) is 52.0 Å². The van der Waals surface area contributed by atoms with Gasteiger partial charge in [-0.1, -0.05) is 65.8 Å². The number of hydrogen-bond donors (Lipinski definition) is 0. The monoisotopic (exact) mass is 489 g/mol. The fraction of sp³-hybridized carbons (Fsp3) is 0.111. The Morgan fingerprint density at radius 1 is 0.848 bits per heavy atom. The lowest BCUT2D eigenvalue weighted by Gasteiger charge is -2.21. The zero-order valence-electron chi connectivity index (χ0n) is 18.2. The van der Waals surface area contributed by atoms with Crippen molar-refractivity contribution in [2.24, 2.45) is 14.1 Å². The van der Waals surface area contributed by atoms with Crippen LogP contribution in [0.25, 0.3) is 22.0 Å². The van der Waals surface area contributed by atoms with E-state index < -0.39 is 0 Å². The molecular formula is C27H21Cl2N3S. The molecule has 6 heteroatoms. The van der Waals surface area contributed by atoms with Crippen molar-refractivity contribution in [1.29, 1.82) is 0 Å². The zero-order chi connectivity index (χ0) is 23.1. The van der Waals surface area contributed by atoms with Gasteiger partial charge in [0.15, 0.2) is 0 Å². The van der Waals surface area contributed by atoms with Crippen molar-refractivity contribution in [3.63, 3.8) is 0 Å². The molecule has 0 saturated heterocycles. The van der Waals surface area contributed by atoms with Crippen molar-refractivity contribution in [2.45, 2.75) is 5.92 Å².